The second kappa shape index (κ2) is 10.5. The summed E-state index contributed by atoms with van der Waals surface area (Å²) >= 11 is 0. The fourth-order valence-electron chi connectivity index (χ4n) is 2.08. The van der Waals surface area contributed by atoms with Gasteiger partial charge in [0.1, 0.15) is 6.42 Å². The molecule has 0 atom stereocenters. The van der Waals surface area contributed by atoms with Crippen molar-refractivity contribution >= 4 is 5.91 Å². The van der Waals surface area contributed by atoms with Crippen LogP contribution in [-0.4, -0.2) is 26.2 Å². The smallest absolute Gasteiger partial charge is 0.234 e. The fourth-order valence-corrected chi connectivity index (χ4v) is 2.08. The number of methoxy groups -OCH3 is 1. The molecule has 0 bridgehead atoms. The Bertz CT molecular complexity index is 509. The number of carbonyl (C=O) groups is 1. The van der Waals surface area contributed by atoms with Crippen LogP contribution in [0.3, 0.4) is 0 Å². The highest BCUT2D eigenvalue weighted by Crippen LogP contribution is 2.31. The predicted molar refractivity (Wildman–Crippen MR) is 85.0 cm³/mol. The first-order valence-electron chi connectivity index (χ1n) is 7.65. The van der Waals surface area contributed by atoms with Crippen LogP contribution >= 0.6 is 0 Å². The number of hydrogen-bond donors (Lipinski definition) is 1. The number of nitrogens with one attached hydrogen (secondary N) is 1. The van der Waals surface area contributed by atoms with Crippen LogP contribution in [0.1, 0.15) is 38.2 Å². The predicted octanol–water partition coefficient (Wildman–Crippen LogP) is 2.84. The minimum Gasteiger partial charge on any atom is -0.493 e. The monoisotopic (exact) mass is 304 g/mol. The second-order valence-electron chi connectivity index (χ2n) is 4.94. The zero-order chi connectivity index (χ0) is 16.2. The maximum atomic E-state index is 11.3. The highest BCUT2D eigenvalue weighted by Gasteiger charge is 2.11. The topological polar surface area (TPSA) is 71.3 Å². The molecule has 0 aliphatic rings. The molecule has 0 radical (unpaired) electrons. The van der Waals surface area contributed by atoms with Gasteiger partial charge in [0.15, 0.2) is 11.5 Å². The average Bonchev–Trinajstić information content (AvgIpc) is 2.52. The van der Waals surface area contributed by atoms with Gasteiger partial charge in [0.25, 0.3) is 0 Å². The van der Waals surface area contributed by atoms with Gasteiger partial charge in [0, 0.05) is 6.54 Å². The number of carbonyl (C=O) groups excluding carboxylic acids is 1. The maximum absolute atomic E-state index is 11.3. The van der Waals surface area contributed by atoms with Crippen molar-refractivity contribution in [1.29, 1.82) is 5.26 Å². The molecule has 120 valence electrons. The largest absolute Gasteiger partial charge is 0.493 e. The molecule has 0 saturated heterocycles. The van der Waals surface area contributed by atoms with E-state index >= 15 is 0 Å². The first-order chi connectivity index (χ1) is 10.7. The minimum absolute atomic E-state index is 0.113. The van der Waals surface area contributed by atoms with Crippen LogP contribution in [0.4, 0.5) is 0 Å². The molecule has 0 aromatic heterocycles. The van der Waals surface area contributed by atoms with Gasteiger partial charge in [-0.25, -0.2) is 0 Å². The number of nitrogens with zero attached hydrogens (tertiary/aromatic N) is 1. The van der Waals surface area contributed by atoms with Crippen molar-refractivity contribution in [2.24, 2.45) is 0 Å². The summed E-state index contributed by atoms with van der Waals surface area (Å²) in [6, 6.07) is 7.57. The normalized spacial score (nSPS) is 9.86. The van der Waals surface area contributed by atoms with Crippen molar-refractivity contribution in [3.63, 3.8) is 0 Å². The quantitative estimate of drug-likeness (QED) is 0.675. The lowest BCUT2D eigenvalue weighted by Crippen LogP contribution is -2.25. The Hall–Kier alpha value is -2.22. The molecule has 0 spiro atoms. The van der Waals surface area contributed by atoms with Gasteiger partial charge in [-0.05, 0) is 24.5 Å². The van der Waals surface area contributed by atoms with Gasteiger partial charge >= 0.3 is 0 Å². The van der Waals surface area contributed by atoms with E-state index in [2.05, 4.69) is 12.2 Å². The Balaban J connectivity index is 2.63. The lowest BCUT2D eigenvalue weighted by atomic mass is 10.1. The van der Waals surface area contributed by atoms with Gasteiger partial charge in [-0.3, -0.25) is 4.79 Å². The summed E-state index contributed by atoms with van der Waals surface area (Å²) in [5, 5.41) is 11.2. The summed E-state index contributed by atoms with van der Waals surface area (Å²) in [6.45, 7) is 3.28. The first-order valence-corrected chi connectivity index (χ1v) is 7.65. The van der Waals surface area contributed by atoms with E-state index in [0.29, 0.717) is 25.3 Å². The van der Waals surface area contributed by atoms with E-state index in [4.69, 9.17) is 14.7 Å². The SMILES string of the molecule is CCCCCOc1c(CCNC(=O)CC#N)cccc1OC. The molecule has 22 heavy (non-hydrogen) atoms. The van der Waals surface area contributed by atoms with Crippen LogP contribution in [0.5, 0.6) is 11.5 Å². The zero-order valence-corrected chi connectivity index (χ0v) is 13.4. The maximum Gasteiger partial charge on any atom is 0.234 e. The van der Waals surface area contributed by atoms with Crippen LogP contribution in [0.15, 0.2) is 18.2 Å². The molecular weight excluding hydrogens is 280 g/mol. The molecular formula is C17H24N2O3. The molecule has 0 heterocycles. The molecule has 1 aromatic carbocycles. The molecule has 0 saturated carbocycles. The molecule has 1 rings (SSSR count). The van der Waals surface area contributed by atoms with Gasteiger partial charge in [-0.15, -0.1) is 0 Å². The van der Waals surface area contributed by atoms with Crippen LogP contribution in [-0.2, 0) is 11.2 Å². The number of benzene rings is 1. The van der Waals surface area contributed by atoms with Crippen molar-refractivity contribution in [2.75, 3.05) is 20.3 Å². The highest BCUT2D eigenvalue weighted by atomic mass is 16.5. The Morgan fingerprint density at radius 1 is 1.36 bits per heavy atom. The standard InChI is InChI=1S/C17H24N2O3/c1-3-4-5-13-22-17-14(7-6-8-15(17)21-2)10-12-19-16(20)9-11-18/h6-8H,3-5,9-10,12-13H2,1-2H3,(H,19,20). The van der Waals surface area contributed by atoms with Crippen LogP contribution in [0.2, 0.25) is 0 Å². The summed E-state index contributed by atoms with van der Waals surface area (Å²) in [7, 11) is 1.62. The summed E-state index contributed by atoms with van der Waals surface area (Å²) in [5.41, 5.74) is 0.994. The van der Waals surface area contributed by atoms with Crippen LogP contribution in [0, 0.1) is 11.3 Å². The summed E-state index contributed by atoms with van der Waals surface area (Å²) < 4.78 is 11.2. The van der Waals surface area contributed by atoms with Crippen molar-refractivity contribution in [3.8, 4) is 17.6 Å². The van der Waals surface area contributed by atoms with E-state index in [1.54, 1.807) is 7.11 Å². The number of para-hydroxylation sites is 1. The van der Waals surface area contributed by atoms with E-state index in [0.717, 1.165) is 30.6 Å². The third kappa shape index (κ3) is 6.04. The van der Waals surface area contributed by atoms with Gasteiger partial charge in [-0.2, -0.15) is 5.26 Å². The van der Waals surface area contributed by atoms with Gasteiger partial charge in [-0.1, -0.05) is 31.9 Å². The highest BCUT2D eigenvalue weighted by molar-refractivity contribution is 5.77. The molecule has 0 unspecified atom stereocenters. The number of nitriles is 1. The van der Waals surface area contributed by atoms with Crippen molar-refractivity contribution < 1.29 is 14.3 Å². The van der Waals surface area contributed by atoms with Crippen molar-refractivity contribution in [3.05, 3.63) is 23.8 Å². The Morgan fingerprint density at radius 3 is 2.86 bits per heavy atom. The Kier molecular flexibility index (Phi) is 8.51. The lowest BCUT2D eigenvalue weighted by Gasteiger charge is -2.15. The number of unbranched alkanes of at least 4 members (excludes halogenated alkanes) is 2. The molecule has 0 fully saturated rings. The van der Waals surface area contributed by atoms with Gasteiger partial charge in [0.2, 0.25) is 5.91 Å². The number of rotatable bonds is 10. The lowest BCUT2D eigenvalue weighted by molar-refractivity contribution is -0.120. The number of hydrogen-bond acceptors (Lipinski definition) is 4. The Labute approximate surface area is 132 Å². The first kappa shape index (κ1) is 17.8. The third-order valence-corrected chi connectivity index (χ3v) is 3.23. The molecule has 1 amide bonds. The molecule has 0 aliphatic carbocycles. The zero-order valence-electron chi connectivity index (χ0n) is 13.4. The van der Waals surface area contributed by atoms with E-state index in [9.17, 15) is 4.79 Å². The average molecular weight is 304 g/mol. The summed E-state index contributed by atoms with van der Waals surface area (Å²) in [5.74, 6) is 1.20. The van der Waals surface area contributed by atoms with Crippen LogP contribution < -0.4 is 14.8 Å². The van der Waals surface area contributed by atoms with Gasteiger partial charge < -0.3 is 14.8 Å². The molecule has 0 aliphatic heterocycles. The fraction of sp³-hybridized carbons (Fsp3) is 0.529. The van der Waals surface area contributed by atoms with Crippen LogP contribution in [0.25, 0.3) is 0 Å². The summed E-state index contributed by atoms with van der Waals surface area (Å²) in [6.07, 6.45) is 3.81. The van der Waals surface area contributed by atoms with E-state index < -0.39 is 0 Å². The second-order valence-corrected chi connectivity index (χ2v) is 4.94. The summed E-state index contributed by atoms with van der Waals surface area (Å²) in [4.78, 5) is 11.3. The molecule has 5 heteroatoms. The minimum atomic E-state index is -0.254. The molecule has 5 nitrogen and oxygen atoms in total. The number of ether oxygens (including phenoxy) is 2. The molecule has 1 aromatic rings. The van der Waals surface area contributed by atoms with E-state index in [-0.39, 0.29) is 12.3 Å². The van der Waals surface area contributed by atoms with Crippen molar-refractivity contribution in [2.45, 2.75) is 39.0 Å². The van der Waals surface area contributed by atoms with E-state index in [1.165, 1.54) is 0 Å². The molecule has 1 N–H and O–H groups in total. The third-order valence-electron chi connectivity index (χ3n) is 3.23. The Morgan fingerprint density at radius 2 is 2.18 bits per heavy atom. The van der Waals surface area contributed by atoms with E-state index in [1.807, 2.05) is 24.3 Å². The van der Waals surface area contributed by atoms with Gasteiger partial charge in [0.05, 0.1) is 19.8 Å². The number of amides is 1. The van der Waals surface area contributed by atoms with Crippen molar-refractivity contribution in [1.82, 2.24) is 5.32 Å².